The van der Waals surface area contributed by atoms with Gasteiger partial charge in [-0.2, -0.15) is 0 Å². The highest BCUT2D eigenvalue weighted by Crippen LogP contribution is 2.41. The molecule has 1 aromatic carbocycles. The second-order valence-electron chi connectivity index (χ2n) is 8.20. The van der Waals surface area contributed by atoms with E-state index in [-0.39, 0.29) is 24.7 Å². The van der Waals surface area contributed by atoms with Crippen molar-refractivity contribution < 1.29 is 29.0 Å². The molecule has 1 saturated carbocycles. The molecule has 1 aliphatic carbocycles. The van der Waals surface area contributed by atoms with E-state index in [0.29, 0.717) is 31.6 Å². The molecule has 6 heteroatoms. The predicted molar refractivity (Wildman–Crippen MR) is 109 cm³/mol. The van der Waals surface area contributed by atoms with E-state index >= 15 is 0 Å². The van der Waals surface area contributed by atoms with E-state index in [2.05, 4.69) is 0 Å². The van der Waals surface area contributed by atoms with E-state index in [9.17, 15) is 19.5 Å². The molecule has 1 aromatic rings. The molecule has 1 fully saturated rings. The molecular weight excluding hydrogens is 372 g/mol. The average Bonchev–Trinajstić information content (AvgIpc) is 3.22. The van der Waals surface area contributed by atoms with Crippen molar-refractivity contribution in [3.05, 3.63) is 29.8 Å². The first-order valence-electron chi connectivity index (χ1n) is 10.4. The van der Waals surface area contributed by atoms with Crippen LogP contribution in [0.5, 0.6) is 5.75 Å². The Kier molecular flexibility index (Phi) is 7.96. The van der Waals surface area contributed by atoms with E-state index in [1.165, 1.54) is 0 Å². The highest BCUT2D eigenvalue weighted by atomic mass is 16.5. The Labute approximate surface area is 172 Å². The van der Waals surface area contributed by atoms with Crippen molar-refractivity contribution in [2.24, 2.45) is 5.41 Å². The van der Waals surface area contributed by atoms with Gasteiger partial charge in [-0.25, -0.2) is 0 Å². The Morgan fingerprint density at radius 2 is 1.86 bits per heavy atom. The zero-order valence-corrected chi connectivity index (χ0v) is 17.6. The van der Waals surface area contributed by atoms with Gasteiger partial charge in [0.25, 0.3) is 0 Å². The minimum Gasteiger partial charge on any atom is -0.480 e. The monoisotopic (exact) mass is 404 g/mol. The molecule has 0 spiro atoms. The Morgan fingerprint density at radius 3 is 2.38 bits per heavy atom. The van der Waals surface area contributed by atoms with Crippen molar-refractivity contribution >= 4 is 18.0 Å². The Morgan fingerprint density at radius 1 is 1.24 bits per heavy atom. The maximum Gasteiger partial charge on any atom is 0.317 e. The highest BCUT2D eigenvalue weighted by molar-refractivity contribution is 6.03. The number of ketones is 1. The van der Waals surface area contributed by atoms with Crippen LogP contribution >= 0.6 is 0 Å². The van der Waals surface area contributed by atoms with Crippen molar-refractivity contribution in [3.8, 4) is 5.75 Å². The molecule has 2 rings (SSSR count). The summed E-state index contributed by atoms with van der Waals surface area (Å²) in [5.74, 6) is -0.436. The lowest BCUT2D eigenvalue weighted by atomic mass is 9.78. The molecule has 6 nitrogen and oxygen atoms in total. The fourth-order valence-corrected chi connectivity index (χ4v) is 3.87. The van der Waals surface area contributed by atoms with Crippen LogP contribution in [-0.2, 0) is 19.1 Å². The summed E-state index contributed by atoms with van der Waals surface area (Å²) in [7, 11) is 0. The molecule has 0 bridgehead atoms. The number of benzene rings is 1. The molecule has 1 aliphatic rings. The van der Waals surface area contributed by atoms with Gasteiger partial charge in [0, 0.05) is 13.0 Å². The first-order chi connectivity index (χ1) is 13.8. The van der Waals surface area contributed by atoms with Gasteiger partial charge in [-0.3, -0.25) is 14.4 Å². The van der Waals surface area contributed by atoms with Crippen molar-refractivity contribution in [1.82, 2.24) is 0 Å². The van der Waals surface area contributed by atoms with Crippen LogP contribution in [0.2, 0.25) is 0 Å². The largest absolute Gasteiger partial charge is 0.480 e. The minimum absolute atomic E-state index is 0.112. The number of hydrogen-bond donors (Lipinski definition) is 1. The van der Waals surface area contributed by atoms with Gasteiger partial charge in [-0.1, -0.05) is 31.9 Å². The number of hydrogen-bond acceptors (Lipinski definition) is 5. The van der Waals surface area contributed by atoms with Gasteiger partial charge >= 0.3 is 5.97 Å². The molecule has 0 amide bonds. The molecule has 0 aliphatic heterocycles. The van der Waals surface area contributed by atoms with Crippen molar-refractivity contribution in [2.45, 2.75) is 70.8 Å². The number of Topliss-reactive ketones (excluding diaryl/α,β-unsaturated/α-hetero) is 1. The molecule has 0 saturated heterocycles. The SMILES string of the molecule is CCOCC(C)(C=O)Oc1ccc(C(C)CCC(=O)C2(C(=O)O)CCCC2)cc1. The summed E-state index contributed by atoms with van der Waals surface area (Å²) < 4.78 is 11.1. The molecule has 0 heterocycles. The Hall–Kier alpha value is -2.21. The van der Waals surface area contributed by atoms with Crippen molar-refractivity contribution in [2.75, 3.05) is 13.2 Å². The van der Waals surface area contributed by atoms with E-state index in [1.807, 2.05) is 26.0 Å². The summed E-state index contributed by atoms with van der Waals surface area (Å²) in [5.41, 5.74) is -1.17. The molecule has 29 heavy (non-hydrogen) atoms. The van der Waals surface area contributed by atoms with Crippen molar-refractivity contribution in [1.29, 1.82) is 0 Å². The molecule has 0 aromatic heterocycles. The molecule has 0 radical (unpaired) electrons. The fraction of sp³-hybridized carbons (Fsp3) is 0.609. The number of rotatable bonds is 12. The van der Waals surface area contributed by atoms with Crippen LogP contribution in [-0.4, -0.2) is 42.0 Å². The molecule has 160 valence electrons. The second kappa shape index (κ2) is 10.0. The Balaban J connectivity index is 1.95. The van der Waals surface area contributed by atoms with Crippen LogP contribution in [0.1, 0.15) is 70.8 Å². The summed E-state index contributed by atoms with van der Waals surface area (Å²) in [4.78, 5) is 35.6. The first-order valence-corrected chi connectivity index (χ1v) is 10.4. The smallest absolute Gasteiger partial charge is 0.317 e. The number of ether oxygens (including phenoxy) is 2. The second-order valence-corrected chi connectivity index (χ2v) is 8.20. The summed E-state index contributed by atoms with van der Waals surface area (Å²) in [5, 5.41) is 9.55. The van der Waals surface area contributed by atoms with E-state index in [1.54, 1.807) is 19.1 Å². The van der Waals surface area contributed by atoms with Gasteiger partial charge in [-0.05, 0) is 56.7 Å². The van der Waals surface area contributed by atoms with Crippen molar-refractivity contribution in [3.63, 3.8) is 0 Å². The number of aldehydes is 1. The quantitative estimate of drug-likeness (QED) is 0.416. The lowest BCUT2D eigenvalue weighted by Gasteiger charge is -2.25. The van der Waals surface area contributed by atoms with Crippen LogP contribution in [0.4, 0.5) is 0 Å². The number of carboxylic acid groups (broad SMARTS) is 1. The van der Waals surface area contributed by atoms with Crippen LogP contribution in [0.15, 0.2) is 24.3 Å². The third kappa shape index (κ3) is 5.66. The maximum absolute atomic E-state index is 12.6. The van der Waals surface area contributed by atoms with Gasteiger partial charge in [0.2, 0.25) is 0 Å². The minimum atomic E-state index is -1.17. The van der Waals surface area contributed by atoms with Crippen LogP contribution < -0.4 is 4.74 Å². The van der Waals surface area contributed by atoms with Gasteiger partial charge < -0.3 is 14.6 Å². The topological polar surface area (TPSA) is 89.9 Å². The number of aliphatic carboxylic acids is 1. The molecule has 1 N–H and O–H groups in total. The third-order valence-corrected chi connectivity index (χ3v) is 5.85. The normalized spacial score (nSPS) is 18.6. The van der Waals surface area contributed by atoms with Gasteiger partial charge in [0.05, 0.1) is 6.61 Å². The van der Waals surface area contributed by atoms with E-state index in [4.69, 9.17) is 9.47 Å². The number of carboxylic acids is 1. The van der Waals surface area contributed by atoms with Gasteiger partial charge in [0.15, 0.2) is 11.9 Å². The van der Waals surface area contributed by atoms with Crippen LogP contribution in [0.25, 0.3) is 0 Å². The van der Waals surface area contributed by atoms with Crippen LogP contribution in [0.3, 0.4) is 0 Å². The van der Waals surface area contributed by atoms with Crippen LogP contribution in [0, 0.1) is 5.41 Å². The van der Waals surface area contributed by atoms with Gasteiger partial charge in [-0.15, -0.1) is 0 Å². The maximum atomic E-state index is 12.6. The molecule has 2 unspecified atom stereocenters. The molecule has 2 atom stereocenters. The van der Waals surface area contributed by atoms with E-state index < -0.39 is 17.0 Å². The number of carbonyl (C=O) groups excluding carboxylic acids is 2. The standard InChI is InChI=1S/C23H32O6/c1-4-28-16-22(3,15-24)29-19-10-8-18(9-11-19)17(2)7-12-20(25)23(21(26)27)13-5-6-14-23/h8-11,15,17H,4-7,12-14,16H2,1-3H3,(H,26,27). The Bertz CT molecular complexity index is 705. The zero-order chi connectivity index (χ0) is 21.5. The summed E-state index contributed by atoms with van der Waals surface area (Å²) in [6, 6.07) is 7.44. The zero-order valence-electron chi connectivity index (χ0n) is 17.6. The summed E-state index contributed by atoms with van der Waals surface area (Å²) in [6.45, 7) is 6.25. The highest BCUT2D eigenvalue weighted by Gasteiger charge is 2.47. The third-order valence-electron chi connectivity index (χ3n) is 5.85. The summed E-state index contributed by atoms with van der Waals surface area (Å²) >= 11 is 0. The van der Waals surface area contributed by atoms with Gasteiger partial charge in [0.1, 0.15) is 16.9 Å². The molecular formula is C23H32O6. The van der Waals surface area contributed by atoms with E-state index in [0.717, 1.165) is 24.7 Å². The summed E-state index contributed by atoms with van der Waals surface area (Å²) in [6.07, 6.45) is 4.13. The number of carbonyl (C=O) groups is 3. The lowest BCUT2D eigenvalue weighted by Crippen LogP contribution is -2.39. The first kappa shape index (κ1) is 23.1. The lowest BCUT2D eigenvalue weighted by molar-refractivity contribution is -0.154. The average molecular weight is 405 g/mol. The fourth-order valence-electron chi connectivity index (χ4n) is 3.87. The predicted octanol–water partition coefficient (Wildman–Crippen LogP) is 4.16.